The zero-order valence-corrected chi connectivity index (χ0v) is 32.6. The van der Waals surface area contributed by atoms with E-state index in [9.17, 15) is 33.9 Å². The van der Waals surface area contributed by atoms with E-state index in [1.165, 1.54) is 57.2 Å². The van der Waals surface area contributed by atoms with E-state index in [0.29, 0.717) is 56.2 Å². The van der Waals surface area contributed by atoms with Gasteiger partial charge in [0.05, 0.1) is 16.3 Å². The van der Waals surface area contributed by atoms with E-state index in [1.807, 2.05) is 12.1 Å². The Bertz CT molecular complexity index is 2330. The Labute approximate surface area is 342 Å². The van der Waals surface area contributed by atoms with Gasteiger partial charge in [-0.05, 0) is 94.3 Å². The number of hydrogen-bond acceptors (Lipinski definition) is 10. The predicted octanol–water partition coefficient (Wildman–Crippen LogP) is 4.65. The second-order valence-corrected chi connectivity index (χ2v) is 14.7. The van der Waals surface area contributed by atoms with Gasteiger partial charge in [-0.25, -0.2) is 9.18 Å². The molecular weight excluding hydrogens is 785 g/mol. The molecule has 0 saturated heterocycles. The number of carboxylic acid groups (broad SMARTS) is 2. The molecule has 0 unspecified atom stereocenters. The highest BCUT2D eigenvalue weighted by Gasteiger charge is 2.37. The van der Waals surface area contributed by atoms with E-state index >= 15 is 4.39 Å². The van der Waals surface area contributed by atoms with Crippen LogP contribution in [-0.4, -0.2) is 101 Å². The van der Waals surface area contributed by atoms with Crippen LogP contribution < -0.4 is 5.73 Å². The van der Waals surface area contributed by atoms with Gasteiger partial charge in [-0.15, -0.1) is 5.10 Å². The van der Waals surface area contributed by atoms with E-state index in [1.54, 1.807) is 24.3 Å². The summed E-state index contributed by atoms with van der Waals surface area (Å²) >= 11 is 6.10. The van der Waals surface area contributed by atoms with E-state index in [4.69, 9.17) is 22.4 Å². The summed E-state index contributed by atoms with van der Waals surface area (Å²) < 4.78 is 16.6. The molecule has 1 aromatic heterocycles. The summed E-state index contributed by atoms with van der Waals surface area (Å²) in [5.41, 5.74) is 9.56. The number of halogens is 2. The number of nitrogens with zero attached hydrogens (tertiary/aromatic N) is 6. The van der Waals surface area contributed by atoms with Gasteiger partial charge in [-0.1, -0.05) is 60.9 Å². The third-order valence-corrected chi connectivity index (χ3v) is 10.8. The van der Waals surface area contributed by atoms with E-state index in [2.05, 4.69) is 15.5 Å². The summed E-state index contributed by atoms with van der Waals surface area (Å²) in [6, 6.07) is 12.3. The van der Waals surface area contributed by atoms with Gasteiger partial charge in [-0.2, -0.15) is 4.68 Å². The highest BCUT2D eigenvalue weighted by molar-refractivity contribution is 6.36. The molecule has 2 aliphatic heterocycles. The van der Waals surface area contributed by atoms with Gasteiger partial charge in [0.25, 0.3) is 5.91 Å². The fourth-order valence-corrected chi connectivity index (χ4v) is 7.55. The van der Waals surface area contributed by atoms with Gasteiger partial charge in [-0.3, -0.25) is 24.0 Å². The van der Waals surface area contributed by atoms with Crippen molar-refractivity contribution in [1.29, 1.82) is 0 Å². The molecular formula is C42H41ClFN7O8. The lowest BCUT2D eigenvalue weighted by atomic mass is 9.82. The molecule has 2 amide bonds. The Morgan fingerprint density at radius 3 is 2.42 bits per heavy atom. The normalized spacial score (nSPS) is 15.7. The fraction of sp³-hybridized carbons (Fsp3) is 0.310. The van der Waals surface area contributed by atoms with Crippen molar-refractivity contribution in [1.82, 2.24) is 30.0 Å². The predicted molar refractivity (Wildman–Crippen MR) is 213 cm³/mol. The molecule has 0 aliphatic carbocycles. The van der Waals surface area contributed by atoms with Gasteiger partial charge in [0, 0.05) is 44.1 Å². The van der Waals surface area contributed by atoms with Crippen LogP contribution in [0.4, 0.5) is 4.39 Å². The number of Topliss-reactive ketones (excluding diaryl/α,β-unsaturated/α-hetero) is 2. The largest absolute Gasteiger partial charge is 0.480 e. The lowest BCUT2D eigenvalue weighted by Crippen LogP contribution is -2.43. The van der Waals surface area contributed by atoms with Crippen molar-refractivity contribution in [2.24, 2.45) is 5.73 Å². The number of carbonyl (C=O) groups is 6. The van der Waals surface area contributed by atoms with Crippen molar-refractivity contribution >= 4 is 58.6 Å². The minimum absolute atomic E-state index is 0.0455. The molecule has 2 aliphatic rings. The Morgan fingerprint density at radius 2 is 1.75 bits per heavy atom. The van der Waals surface area contributed by atoms with E-state index < -0.39 is 47.4 Å². The average Bonchev–Trinajstić information content (AvgIpc) is 3.78. The van der Waals surface area contributed by atoms with Gasteiger partial charge in [0.2, 0.25) is 11.7 Å². The molecule has 3 heterocycles. The minimum atomic E-state index is -1.11. The van der Waals surface area contributed by atoms with Crippen molar-refractivity contribution in [3.63, 3.8) is 0 Å². The lowest BCUT2D eigenvalue weighted by Gasteiger charge is -2.37. The van der Waals surface area contributed by atoms with Crippen LogP contribution in [0.1, 0.15) is 82.7 Å². The molecule has 0 spiro atoms. The van der Waals surface area contributed by atoms with Crippen molar-refractivity contribution in [3.8, 4) is 5.69 Å². The van der Waals surface area contributed by atoms with Gasteiger partial charge >= 0.3 is 11.9 Å². The smallest absolute Gasteiger partial charge is 0.335 e. The molecule has 17 heteroatoms. The van der Waals surface area contributed by atoms with Crippen LogP contribution in [0.5, 0.6) is 0 Å². The number of aromatic carboxylic acids is 1. The first-order chi connectivity index (χ1) is 28.3. The quantitative estimate of drug-likeness (QED) is 0.0799. The SMILES string of the molecule is N[C@@H](CCCCCC(=O)C(=O)N1CC=C(c2cccc3c2CCN(C(=O)/C=C/c2c(-n4cnnn4)ccc(Cl)c2F)[C@@H]3C(=O)Cc2ccc(C(=O)O)cc2)CC1)C(=O)O. The van der Waals surface area contributed by atoms with Crippen LogP contribution in [0, 0.1) is 5.82 Å². The zero-order chi connectivity index (χ0) is 42.2. The standard InChI is InChI=1S/C42H41ClFN7O8/c43-32-14-15-34(51-24-46-47-48-51)31(38(32)44)13-16-37(54)50-22-19-29-28(5-4-6-30(29)39(50)36(53)23-25-9-11-27(12-10-25)41(56)57)26-17-20-49(21-18-26)40(55)35(52)8-3-1-2-7-33(45)42(58)59/h4-6,9-17,24,33,39H,1-3,7-8,18-23,45H2,(H,56,57)(H,58,59)/b16-13+/t33-,39-/m0/s1. The number of nitrogens with two attached hydrogens (primary N) is 1. The Balaban J connectivity index is 1.23. The second-order valence-electron chi connectivity index (χ2n) is 14.3. The first-order valence-electron chi connectivity index (χ1n) is 19.0. The molecule has 4 aromatic rings. The van der Waals surface area contributed by atoms with Crippen molar-refractivity contribution in [3.05, 3.63) is 117 Å². The van der Waals surface area contributed by atoms with E-state index in [-0.39, 0.29) is 53.6 Å². The average molecular weight is 826 g/mol. The number of carboxylic acids is 2. The molecule has 6 rings (SSSR count). The second kappa shape index (κ2) is 18.9. The van der Waals surface area contributed by atoms with Crippen LogP contribution in [0.15, 0.2) is 73.1 Å². The number of aliphatic carboxylic acids is 1. The van der Waals surface area contributed by atoms with Crippen molar-refractivity contribution in [2.75, 3.05) is 19.6 Å². The van der Waals surface area contributed by atoms with Gasteiger partial charge < -0.3 is 25.7 Å². The highest BCUT2D eigenvalue weighted by atomic mass is 35.5. The Morgan fingerprint density at radius 1 is 0.966 bits per heavy atom. The fourth-order valence-electron chi connectivity index (χ4n) is 7.39. The summed E-state index contributed by atoms with van der Waals surface area (Å²) in [5, 5.41) is 29.1. The molecule has 4 N–H and O–H groups in total. The molecule has 2 atom stereocenters. The van der Waals surface area contributed by atoms with Crippen LogP contribution in [0.25, 0.3) is 17.3 Å². The number of fused-ring (bicyclic) bond motifs is 1. The molecule has 59 heavy (non-hydrogen) atoms. The molecule has 0 fully saturated rings. The molecule has 306 valence electrons. The highest BCUT2D eigenvalue weighted by Crippen LogP contribution is 2.38. The molecule has 15 nitrogen and oxygen atoms in total. The monoisotopic (exact) mass is 825 g/mol. The van der Waals surface area contributed by atoms with E-state index in [0.717, 1.165) is 16.7 Å². The van der Waals surface area contributed by atoms with Crippen LogP contribution in [0.2, 0.25) is 5.02 Å². The zero-order valence-electron chi connectivity index (χ0n) is 31.8. The number of ketones is 2. The summed E-state index contributed by atoms with van der Waals surface area (Å²) in [7, 11) is 0. The number of aromatic nitrogens is 4. The number of unbranched alkanes of at least 4 members (excludes halogenated alkanes) is 2. The number of benzene rings is 3. The Hall–Kier alpha value is -6.39. The number of hydrogen-bond donors (Lipinski definition) is 3. The first kappa shape index (κ1) is 42.2. The Kier molecular flexibility index (Phi) is 13.5. The number of amides is 2. The van der Waals surface area contributed by atoms with Gasteiger partial charge in [0.1, 0.15) is 18.4 Å². The molecule has 0 bridgehead atoms. The topological polar surface area (TPSA) is 219 Å². The molecule has 0 saturated carbocycles. The third kappa shape index (κ3) is 9.84. The maximum Gasteiger partial charge on any atom is 0.335 e. The van der Waals surface area contributed by atoms with Crippen LogP contribution in [0.3, 0.4) is 0 Å². The number of rotatable bonds is 16. The van der Waals surface area contributed by atoms with Gasteiger partial charge in [0.15, 0.2) is 11.6 Å². The maximum atomic E-state index is 15.4. The van der Waals surface area contributed by atoms with Crippen LogP contribution >= 0.6 is 11.6 Å². The van der Waals surface area contributed by atoms with Crippen molar-refractivity contribution < 1.29 is 43.4 Å². The maximum absolute atomic E-state index is 15.4. The summed E-state index contributed by atoms with van der Waals surface area (Å²) in [6.45, 7) is 0.631. The molecule has 3 aromatic carbocycles. The summed E-state index contributed by atoms with van der Waals surface area (Å²) in [4.78, 5) is 79.4. The summed E-state index contributed by atoms with van der Waals surface area (Å²) in [6.07, 6.45) is 8.20. The van der Waals surface area contributed by atoms with Crippen molar-refractivity contribution in [2.45, 2.75) is 63.5 Å². The number of carbonyl (C=O) groups excluding carboxylic acids is 4. The van der Waals surface area contributed by atoms with Crippen LogP contribution in [-0.2, 0) is 36.8 Å². The lowest BCUT2D eigenvalue weighted by molar-refractivity contribution is -0.144. The number of tetrazole rings is 1. The first-order valence-corrected chi connectivity index (χ1v) is 19.4. The third-order valence-electron chi connectivity index (χ3n) is 10.5. The molecule has 0 radical (unpaired) electrons. The minimum Gasteiger partial charge on any atom is -0.480 e. The summed E-state index contributed by atoms with van der Waals surface area (Å²) in [5.74, 6) is -4.96.